The molecule has 0 atom stereocenters. The highest BCUT2D eigenvalue weighted by atomic mass is 35.5. The molecule has 26 heavy (non-hydrogen) atoms. The van der Waals surface area contributed by atoms with Crippen LogP contribution in [0, 0.1) is 10.1 Å². The lowest BCUT2D eigenvalue weighted by molar-refractivity contribution is -0.384. The fourth-order valence-corrected chi connectivity index (χ4v) is 2.44. The lowest BCUT2D eigenvalue weighted by Gasteiger charge is -2.10. The number of nitro groups is 1. The number of aliphatic carboxylic acids is 1. The van der Waals surface area contributed by atoms with Crippen LogP contribution < -0.4 is 10.6 Å². The molecular weight excluding hydrogens is 383 g/mol. The Hall–Kier alpha value is -2.58. The van der Waals surface area contributed by atoms with Crippen molar-refractivity contribution in [3.8, 4) is 0 Å². The molecule has 0 unspecified atom stereocenters. The van der Waals surface area contributed by atoms with Gasteiger partial charge in [0.05, 0.1) is 15.0 Å². The third kappa shape index (κ3) is 5.75. The first-order valence-electron chi connectivity index (χ1n) is 7.65. The average Bonchev–Trinajstić information content (AvgIpc) is 2.59. The van der Waals surface area contributed by atoms with Gasteiger partial charge >= 0.3 is 11.7 Å². The van der Waals surface area contributed by atoms with Crippen molar-refractivity contribution < 1.29 is 14.8 Å². The summed E-state index contributed by atoms with van der Waals surface area (Å²) in [6, 6.07) is 8.03. The maximum Gasteiger partial charge on any atom is 0.311 e. The van der Waals surface area contributed by atoms with Gasteiger partial charge in [-0.2, -0.15) is 0 Å². The maximum atomic E-state index is 11.1. The number of carboxylic acid groups (broad SMARTS) is 1. The molecule has 2 aromatic rings. The molecule has 0 aliphatic rings. The van der Waals surface area contributed by atoms with Crippen LogP contribution in [-0.4, -0.2) is 27.5 Å². The Morgan fingerprint density at radius 3 is 2.62 bits per heavy atom. The summed E-state index contributed by atoms with van der Waals surface area (Å²) >= 11 is 11.8. The van der Waals surface area contributed by atoms with Gasteiger partial charge in [-0.25, -0.2) is 4.98 Å². The van der Waals surface area contributed by atoms with E-state index in [0.29, 0.717) is 28.8 Å². The lowest BCUT2D eigenvalue weighted by atomic mass is 10.2. The Kier molecular flexibility index (Phi) is 6.99. The van der Waals surface area contributed by atoms with Crippen LogP contribution in [0.2, 0.25) is 10.0 Å². The normalized spacial score (nSPS) is 10.4. The molecule has 10 heteroatoms. The predicted octanol–water partition coefficient (Wildman–Crippen LogP) is 4.19. The van der Waals surface area contributed by atoms with Crippen molar-refractivity contribution in [2.45, 2.75) is 19.4 Å². The number of benzene rings is 1. The summed E-state index contributed by atoms with van der Waals surface area (Å²) < 4.78 is 0. The van der Waals surface area contributed by atoms with Gasteiger partial charge in [0.1, 0.15) is 5.82 Å². The zero-order valence-corrected chi connectivity index (χ0v) is 15.0. The second-order valence-electron chi connectivity index (χ2n) is 5.35. The number of rotatable bonds is 9. The van der Waals surface area contributed by atoms with E-state index in [4.69, 9.17) is 28.3 Å². The molecule has 1 heterocycles. The molecule has 2 rings (SSSR count). The maximum absolute atomic E-state index is 11.1. The minimum absolute atomic E-state index is 0.0317. The summed E-state index contributed by atoms with van der Waals surface area (Å²) in [6.07, 6.45) is 0.297. The number of hydrogen-bond acceptors (Lipinski definition) is 6. The molecule has 0 fully saturated rings. The van der Waals surface area contributed by atoms with Crippen LogP contribution in [0.15, 0.2) is 30.3 Å². The number of halogens is 2. The molecule has 0 bridgehead atoms. The highest BCUT2D eigenvalue weighted by Gasteiger charge is 2.16. The first-order chi connectivity index (χ1) is 12.4. The van der Waals surface area contributed by atoms with E-state index in [2.05, 4.69) is 15.6 Å². The van der Waals surface area contributed by atoms with Crippen molar-refractivity contribution in [1.82, 2.24) is 4.98 Å². The van der Waals surface area contributed by atoms with Crippen molar-refractivity contribution in [2.24, 2.45) is 0 Å². The Balaban J connectivity index is 2.06. The standard InChI is InChI=1S/C16H16Cl2N4O4/c17-11-4-3-10(8-12(11)18)9-20-14-6-5-13(22(25)26)16(21-14)19-7-1-2-15(23)24/h3-6,8H,1-2,7,9H2,(H,23,24)(H2,19,20,21). The number of aromatic nitrogens is 1. The van der Waals surface area contributed by atoms with E-state index < -0.39 is 10.9 Å². The van der Waals surface area contributed by atoms with Gasteiger partial charge in [0.25, 0.3) is 0 Å². The minimum Gasteiger partial charge on any atom is -0.481 e. The van der Waals surface area contributed by atoms with Gasteiger partial charge in [-0.15, -0.1) is 0 Å². The van der Waals surface area contributed by atoms with Crippen molar-refractivity contribution in [1.29, 1.82) is 0 Å². The third-order valence-electron chi connectivity index (χ3n) is 3.39. The summed E-state index contributed by atoms with van der Waals surface area (Å²) in [4.78, 5) is 25.3. The fourth-order valence-electron chi connectivity index (χ4n) is 2.12. The van der Waals surface area contributed by atoms with E-state index in [1.807, 2.05) is 0 Å². The highest BCUT2D eigenvalue weighted by Crippen LogP contribution is 2.25. The summed E-state index contributed by atoms with van der Waals surface area (Å²) in [5.74, 6) is -0.409. The zero-order valence-electron chi connectivity index (χ0n) is 13.5. The van der Waals surface area contributed by atoms with Gasteiger partial charge < -0.3 is 15.7 Å². The summed E-state index contributed by atoms with van der Waals surface area (Å²) in [7, 11) is 0. The van der Waals surface area contributed by atoms with Crippen LogP contribution in [0.5, 0.6) is 0 Å². The van der Waals surface area contributed by atoms with Crippen molar-refractivity contribution in [2.75, 3.05) is 17.2 Å². The molecule has 0 saturated carbocycles. The Morgan fingerprint density at radius 1 is 1.19 bits per heavy atom. The minimum atomic E-state index is -0.925. The Labute approximate surface area is 159 Å². The topological polar surface area (TPSA) is 117 Å². The smallest absolute Gasteiger partial charge is 0.311 e. The molecule has 0 aliphatic carbocycles. The number of carbonyl (C=O) groups is 1. The monoisotopic (exact) mass is 398 g/mol. The molecule has 138 valence electrons. The summed E-state index contributed by atoms with van der Waals surface area (Å²) in [5, 5.41) is 26.5. The largest absolute Gasteiger partial charge is 0.481 e. The number of nitrogens with one attached hydrogen (secondary N) is 2. The van der Waals surface area contributed by atoms with Gasteiger partial charge in [0.2, 0.25) is 5.82 Å². The number of hydrogen-bond donors (Lipinski definition) is 3. The van der Waals surface area contributed by atoms with E-state index in [9.17, 15) is 14.9 Å². The molecule has 3 N–H and O–H groups in total. The molecular formula is C16H16Cl2N4O4. The SMILES string of the molecule is O=C(O)CCCNc1nc(NCc2ccc(Cl)c(Cl)c2)ccc1[N+](=O)[O-]. The first kappa shape index (κ1) is 19.7. The van der Waals surface area contributed by atoms with Gasteiger partial charge in [-0.3, -0.25) is 14.9 Å². The van der Waals surface area contributed by atoms with Crippen molar-refractivity contribution in [3.63, 3.8) is 0 Å². The van der Waals surface area contributed by atoms with Crippen LogP contribution in [0.3, 0.4) is 0 Å². The highest BCUT2D eigenvalue weighted by molar-refractivity contribution is 6.42. The van der Waals surface area contributed by atoms with Crippen LogP contribution in [0.25, 0.3) is 0 Å². The van der Waals surface area contributed by atoms with Crippen molar-refractivity contribution >= 4 is 46.5 Å². The Bertz CT molecular complexity index is 817. The van der Waals surface area contributed by atoms with E-state index in [1.54, 1.807) is 18.2 Å². The number of carboxylic acids is 1. The van der Waals surface area contributed by atoms with E-state index in [0.717, 1.165) is 5.56 Å². The number of anilines is 2. The van der Waals surface area contributed by atoms with Gasteiger partial charge in [0, 0.05) is 25.6 Å². The van der Waals surface area contributed by atoms with Gasteiger partial charge in [-0.05, 0) is 30.2 Å². The van der Waals surface area contributed by atoms with Crippen LogP contribution >= 0.6 is 23.2 Å². The molecule has 0 spiro atoms. The molecule has 1 aromatic carbocycles. The quantitative estimate of drug-likeness (QED) is 0.329. The van der Waals surface area contributed by atoms with E-state index >= 15 is 0 Å². The zero-order chi connectivity index (χ0) is 19.1. The third-order valence-corrected chi connectivity index (χ3v) is 4.13. The predicted molar refractivity (Wildman–Crippen MR) is 100 cm³/mol. The Morgan fingerprint density at radius 2 is 1.96 bits per heavy atom. The molecule has 0 amide bonds. The molecule has 1 aromatic heterocycles. The number of nitrogens with zero attached hydrogens (tertiary/aromatic N) is 2. The molecule has 0 saturated heterocycles. The lowest BCUT2D eigenvalue weighted by Crippen LogP contribution is -2.10. The average molecular weight is 399 g/mol. The van der Waals surface area contributed by atoms with E-state index in [1.165, 1.54) is 12.1 Å². The second kappa shape index (κ2) is 9.21. The summed E-state index contributed by atoms with van der Waals surface area (Å²) in [6.45, 7) is 0.663. The second-order valence-corrected chi connectivity index (χ2v) is 6.16. The van der Waals surface area contributed by atoms with Crippen molar-refractivity contribution in [3.05, 3.63) is 56.1 Å². The van der Waals surface area contributed by atoms with E-state index in [-0.39, 0.29) is 24.5 Å². The molecule has 8 nitrogen and oxygen atoms in total. The van der Waals surface area contributed by atoms with Crippen LogP contribution in [0.4, 0.5) is 17.3 Å². The van der Waals surface area contributed by atoms with Crippen LogP contribution in [0.1, 0.15) is 18.4 Å². The summed E-state index contributed by atoms with van der Waals surface area (Å²) in [5.41, 5.74) is 0.691. The first-order valence-corrected chi connectivity index (χ1v) is 8.41. The molecule has 0 aliphatic heterocycles. The van der Waals surface area contributed by atoms with Crippen LogP contribution in [-0.2, 0) is 11.3 Å². The van der Waals surface area contributed by atoms with Gasteiger partial charge in [0.15, 0.2) is 0 Å². The molecule has 0 radical (unpaired) electrons. The number of pyridine rings is 1. The van der Waals surface area contributed by atoms with Gasteiger partial charge in [-0.1, -0.05) is 29.3 Å². The fraction of sp³-hybridized carbons (Fsp3) is 0.250.